The van der Waals surface area contributed by atoms with Crippen LogP contribution in [0.3, 0.4) is 0 Å². The molecule has 1 aromatic rings. The number of hydrogen-bond acceptors (Lipinski definition) is 4. The van der Waals surface area contributed by atoms with E-state index in [0.717, 1.165) is 34.8 Å². The smallest absolute Gasteiger partial charge is 0.141 e. The number of nitrogens with zero attached hydrogens (tertiary/aromatic N) is 1. The second kappa shape index (κ2) is 4.70. The van der Waals surface area contributed by atoms with E-state index >= 15 is 0 Å². The van der Waals surface area contributed by atoms with Crippen LogP contribution in [0.5, 0.6) is 0 Å². The number of pyridine rings is 1. The van der Waals surface area contributed by atoms with Gasteiger partial charge in [-0.15, -0.1) is 0 Å². The summed E-state index contributed by atoms with van der Waals surface area (Å²) in [5.41, 5.74) is 7.59. The largest absolute Gasteiger partial charge is 0.397 e. The third kappa shape index (κ3) is 2.21. The number of anilines is 2. The Bertz CT molecular complexity index is 462. The molecule has 0 spiro atoms. The molecule has 18 heavy (non-hydrogen) atoms. The summed E-state index contributed by atoms with van der Waals surface area (Å²) < 4.78 is 6.79. The molecule has 3 N–H and O–H groups in total. The zero-order chi connectivity index (χ0) is 12.7. The van der Waals surface area contributed by atoms with Gasteiger partial charge in [-0.1, -0.05) is 0 Å². The Morgan fingerprint density at radius 1 is 1.44 bits per heavy atom. The Balaban J connectivity index is 1.77. The minimum atomic E-state index is 0.358. The molecule has 5 heteroatoms. The molecule has 1 aromatic heterocycles. The maximum absolute atomic E-state index is 5.84. The first-order valence-electron chi connectivity index (χ1n) is 6.45. The van der Waals surface area contributed by atoms with Crippen molar-refractivity contribution in [1.82, 2.24) is 4.98 Å². The van der Waals surface area contributed by atoms with E-state index in [1.165, 1.54) is 12.8 Å². The highest BCUT2D eigenvalue weighted by molar-refractivity contribution is 9.10. The standard InChI is InChI=1S/C13H18BrN3O/c1-7-9(15)6-16-13(11(7)14)17-10-4-5-18-12(10)8-2-3-8/h6,8,10,12H,2-5,15H2,1H3,(H,16,17). The van der Waals surface area contributed by atoms with Gasteiger partial charge in [0.1, 0.15) is 5.82 Å². The van der Waals surface area contributed by atoms with Crippen LogP contribution in [0.15, 0.2) is 10.7 Å². The van der Waals surface area contributed by atoms with Crippen LogP contribution in [0.25, 0.3) is 0 Å². The van der Waals surface area contributed by atoms with Crippen LogP contribution in [0.1, 0.15) is 24.8 Å². The van der Waals surface area contributed by atoms with Crippen LogP contribution in [-0.4, -0.2) is 23.7 Å². The molecule has 0 bridgehead atoms. The number of nitrogen functional groups attached to an aromatic ring is 1. The minimum absolute atomic E-state index is 0.358. The van der Waals surface area contributed by atoms with E-state index in [2.05, 4.69) is 26.2 Å². The molecular formula is C13H18BrN3O. The van der Waals surface area contributed by atoms with Crippen molar-refractivity contribution in [2.75, 3.05) is 17.7 Å². The molecule has 3 rings (SSSR count). The lowest BCUT2D eigenvalue weighted by molar-refractivity contribution is 0.0898. The van der Waals surface area contributed by atoms with Crippen molar-refractivity contribution in [3.8, 4) is 0 Å². The SMILES string of the molecule is Cc1c(N)cnc(NC2CCOC2C2CC2)c1Br. The molecule has 0 radical (unpaired) electrons. The van der Waals surface area contributed by atoms with Crippen molar-refractivity contribution in [2.24, 2.45) is 5.92 Å². The van der Waals surface area contributed by atoms with Gasteiger partial charge in [-0.05, 0) is 53.6 Å². The lowest BCUT2D eigenvalue weighted by atomic mass is 10.1. The van der Waals surface area contributed by atoms with Crippen molar-refractivity contribution in [1.29, 1.82) is 0 Å². The van der Waals surface area contributed by atoms with Crippen LogP contribution >= 0.6 is 15.9 Å². The molecule has 4 nitrogen and oxygen atoms in total. The van der Waals surface area contributed by atoms with Crippen molar-refractivity contribution in [3.63, 3.8) is 0 Å². The summed E-state index contributed by atoms with van der Waals surface area (Å²) in [4.78, 5) is 4.38. The number of hydrogen-bond donors (Lipinski definition) is 2. The average Bonchev–Trinajstić information content (AvgIpc) is 3.11. The predicted molar refractivity (Wildman–Crippen MR) is 75.6 cm³/mol. The Morgan fingerprint density at radius 2 is 2.22 bits per heavy atom. The van der Waals surface area contributed by atoms with E-state index in [1.54, 1.807) is 6.20 Å². The van der Waals surface area contributed by atoms with Gasteiger partial charge < -0.3 is 15.8 Å². The van der Waals surface area contributed by atoms with E-state index in [4.69, 9.17) is 10.5 Å². The first-order valence-corrected chi connectivity index (χ1v) is 7.25. The van der Waals surface area contributed by atoms with Gasteiger partial charge in [0.05, 0.1) is 28.5 Å². The molecule has 0 amide bonds. The van der Waals surface area contributed by atoms with E-state index in [-0.39, 0.29) is 0 Å². The first-order chi connectivity index (χ1) is 8.66. The molecular weight excluding hydrogens is 294 g/mol. The topological polar surface area (TPSA) is 60.2 Å². The zero-order valence-corrected chi connectivity index (χ0v) is 12.0. The van der Waals surface area contributed by atoms with Crippen LogP contribution in [0, 0.1) is 12.8 Å². The maximum atomic E-state index is 5.84. The van der Waals surface area contributed by atoms with Crippen molar-refractivity contribution in [2.45, 2.75) is 38.3 Å². The Hall–Kier alpha value is -0.810. The average molecular weight is 312 g/mol. The fraction of sp³-hybridized carbons (Fsp3) is 0.615. The summed E-state index contributed by atoms with van der Waals surface area (Å²) in [5.74, 6) is 1.63. The Morgan fingerprint density at radius 3 is 2.94 bits per heavy atom. The Labute approximate surface area is 115 Å². The second-order valence-electron chi connectivity index (χ2n) is 5.21. The molecule has 1 saturated carbocycles. The maximum Gasteiger partial charge on any atom is 0.141 e. The second-order valence-corrected chi connectivity index (χ2v) is 6.01. The van der Waals surface area contributed by atoms with Crippen molar-refractivity contribution < 1.29 is 4.74 Å². The zero-order valence-electron chi connectivity index (χ0n) is 10.4. The van der Waals surface area contributed by atoms with Crippen LogP contribution in [-0.2, 0) is 4.74 Å². The molecule has 98 valence electrons. The molecule has 1 aliphatic heterocycles. The number of nitrogens with one attached hydrogen (secondary N) is 1. The normalized spacial score (nSPS) is 27.4. The van der Waals surface area contributed by atoms with E-state index in [9.17, 15) is 0 Å². The summed E-state index contributed by atoms with van der Waals surface area (Å²) in [7, 11) is 0. The summed E-state index contributed by atoms with van der Waals surface area (Å²) in [5, 5.41) is 3.51. The quantitative estimate of drug-likeness (QED) is 0.901. The summed E-state index contributed by atoms with van der Waals surface area (Å²) >= 11 is 3.57. The fourth-order valence-electron chi connectivity index (χ4n) is 2.52. The highest BCUT2D eigenvalue weighted by Gasteiger charge is 2.40. The van der Waals surface area contributed by atoms with Crippen molar-refractivity contribution in [3.05, 3.63) is 16.2 Å². The molecule has 2 aliphatic rings. The molecule has 1 saturated heterocycles. The lowest BCUT2D eigenvalue weighted by Gasteiger charge is -2.21. The molecule has 2 heterocycles. The van der Waals surface area contributed by atoms with Gasteiger partial charge in [-0.25, -0.2) is 4.98 Å². The molecule has 1 aliphatic carbocycles. The number of rotatable bonds is 3. The third-order valence-corrected chi connectivity index (χ3v) is 4.82. The van der Waals surface area contributed by atoms with Crippen LogP contribution in [0.2, 0.25) is 0 Å². The van der Waals surface area contributed by atoms with E-state index < -0.39 is 0 Å². The van der Waals surface area contributed by atoms with Gasteiger partial charge >= 0.3 is 0 Å². The van der Waals surface area contributed by atoms with Crippen LogP contribution < -0.4 is 11.1 Å². The summed E-state index contributed by atoms with van der Waals surface area (Å²) in [6.07, 6.45) is 5.73. The first kappa shape index (κ1) is 12.2. The van der Waals surface area contributed by atoms with Gasteiger partial charge in [0, 0.05) is 6.61 Å². The number of ether oxygens (including phenoxy) is 1. The monoisotopic (exact) mass is 311 g/mol. The molecule has 2 atom stereocenters. The van der Waals surface area contributed by atoms with Gasteiger partial charge in [-0.3, -0.25) is 0 Å². The summed E-state index contributed by atoms with van der Waals surface area (Å²) in [6, 6.07) is 0.379. The lowest BCUT2D eigenvalue weighted by Crippen LogP contribution is -2.31. The highest BCUT2D eigenvalue weighted by Crippen LogP contribution is 2.40. The van der Waals surface area contributed by atoms with E-state index in [0.29, 0.717) is 17.8 Å². The molecule has 0 aromatic carbocycles. The van der Waals surface area contributed by atoms with E-state index in [1.807, 2.05) is 6.92 Å². The van der Waals surface area contributed by atoms with Gasteiger partial charge in [-0.2, -0.15) is 0 Å². The Kier molecular flexibility index (Phi) is 3.20. The molecule has 2 fully saturated rings. The minimum Gasteiger partial charge on any atom is -0.397 e. The highest BCUT2D eigenvalue weighted by atomic mass is 79.9. The van der Waals surface area contributed by atoms with Gasteiger partial charge in [0.2, 0.25) is 0 Å². The van der Waals surface area contributed by atoms with Gasteiger partial charge in [0.25, 0.3) is 0 Å². The van der Waals surface area contributed by atoms with Crippen molar-refractivity contribution >= 4 is 27.4 Å². The van der Waals surface area contributed by atoms with Gasteiger partial charge in [0.15, 0.2) is 0 Å². The predicted octanol–water partition coefficient (Wildman–Crippen LogP) is 2.71. The number of nitrogens with two attached hydrogens (primary N) is 1. The fourth-order valence-corrected chi connectivity index (χ4v) is 2.97. The number of halogens is 1. The summed E-state index contributed by atoms with van der Waals surface area (Å²) in [6.45, 7) is 2.85. The third-order valence-electron chi connectivity index (χ3n) is 3.85. The number of aromatic nitrogens is 1. The van der Waals surface area contributed by atoms with Crippen LogP contribution in [0.4, 0.5) is 11.5 Å². The molecule has 2 unspecified atom stereocenters.